The third kappa shape index (κ3) is 4.03. The number of benzene rings is 1. The second-order valence-electron chi connectivity index (χ2n) is 11.0. The molecule has 7 nitrogen and oxygen atoms in total. The lowest BCUT2D eigenvalue weighted by atomic mass is 9.49. The highest BCUT2D eigenvalue weighted by Crippen LogP contribution is 2.59. The molecule has 33 heavy (non-hydrogen) atoms. The van der Waals surface area contributed by atoms with Crippen LogP contribution in [0.1, 0.15) is 49.0 Å². The van der Waals surface area contributed by atoms with Crippen molar-refractivity contribution in [3.63, 3.8) is 0 Å². The van der Waals surface area contributed by atoms with Gasteiger partial charge < -0.3 is 14.8 Å². The number of fused-ring (bicyclic) bond motifs is 1. The van der Waals surface area contributed by atoms with E-state index in [9.17, 15) is 4.79 Å². The second kappa shape index (κ2) is 8.58. The number of morpholine rings is 1. The lowest BCUT2D eigenvalue weighted by Gasteiger charge is -2.56. The zero-order valence-electron chi connectivity index (χ0n) is 19.7. The Kier molecular flexibility index (Phi) is 5.57. The molecule has 1 aromatic heterocycles. The minimum atomic E-state index is -0.0471. The molecule has 0 spiro atoms. The molecule has 7 rings (SSSR count). The summed E-state index contributed by atoms with van der Waals surface area (Å²) in [5.74, 6) is 3.38. The summed E-state index contributed by atoms with van der Waals surface area (Å²) in [4.78, 5) is 15.8. The Bertz CT molecular complexity index is 991. The van der Waals surface area contributed by atoms with E-state index in [1.54, 1.807) is 7.11 Å². The first kappa shape index (κ1) is 21.4. The van der Waals surface area contributed by atoms with Gasteiger partial charge in [0, 0.05) is 31.6 Å². The van der Waals surface area contributed by atoms with Crippen molar-refractivity contribution in [3.05, 3.63) is 23.9 Å². The van der Waals surface area contributed by atoms with Crippen LogP contribution >= 0.6 is 0 Å². The topological polar surface area (TPSA) is 68.6 Å². The third-order valence-corrected chi connectivity index (χ3v) is 8.69. The summed E-state index contributed by atoms with van der Waals surface area (Å²) < 4.78 is 13.1. The Balaban J connectivity index is 1.21. The molecule has 2 heterocycles. The van der Waals surface area contributed by atoms with Crippen molar-refractivity contribution in [1.29, 1.82) is 0 Å². The Morgan fingerprint density at radius 3 is 2.48 bits per heavy atom. The predicted octanol–water partition coefficient (Wildman–Crippen LogP) is 3.32. The van der Waals surface area contributed by atoms with Crippen LogP contribution in [-0.4, -0.2) is 67.1 Å². The average Bonchev–Trinajstić information content (AvgIpc) is 3.20. The molecular formula is C26H36N4O3. The molecule has 178 valence electrons. The number of carbonyl (C=O) groups excluding carboxylic acids is 1. The number of nitrogens with zero attached hydrogens (tertiary/aromatic N) is 3. The number of para-hydroxylation sites is 1. The van der Waals surface area contributed by atoms with Crippen LogP contribution in [0.2, 0.25) is 0 Å². The highest BCUT2D eigenvalue weighted by atomic mass is 16.5. The zero-order chi connectivity index (χ0) is 22.4. The van der Waals surface area contributed by atoms with Crippen LogP contribution in [0.25, 0.3) is 10.9 Å². The van der Waals surface area contributed by atoms with Crippen molar-refractivity contribution in [1.82, 2.24) is 20.0 Å². The van der Waals surface area contributed by atoms with Crippen molar-refractivity contribution in [2.75, 3.05) is 46.5 Å². The molecule has 0 radical (unpaired) electrons. The standard InChI is InChI=1S/C26H36N4O3/c1-32-22-4-2-3-21-23(28-30(24(21)22)6-5-29-7-9-33-10-8-29)25(31)27-17-26-14-18-11-19(15-26)13-20(12-18)16-26/h2-4,18-20H,5-17H2,1H3,(H,27,31). The number of carbonyl (C=O) groups is 1. The van der Waals surface area contributed by atoms with E-state index in [0.717, 1.165) is 80.3 Å². The summed E-state index contributed by atoms with van der Waals surface area (Å²) >= 11 is 0. The van der Waals surface area contributed by atoms with E-state index in [2.05, 4.69) is 10.2 Å². The van der Waals surface area contributed by atoms with Gasteiger partial charge in [-0.05, 0) is 67.8 Å². The average molecular weight is 453 g/mol. The maximum atomic E-state index is 13.4. The van der Waals surface area contributed by atoms with E-state index < -0.39 is 0 Å². The molecule has 1 N–H and O–H groups in total. The fraction of sp³-hybridized carbons (Fsp3) is 0.692. The van der Waals surface area contributed by atoms with Crippen molar-refractivity contribution in [2.45, 2.75) is 45.1 Å². The molecule has 1 aliphatic heterocycles. The van der Waals surface area contributed by atoms with E-state index >= 15 is 0 Å². The Morgan fingerprint density at radius 1 is 1.12 bits per heavy atom. The Morgan fingerprint density at radius 2 is 1.82 bits per heavy atom. The molecule has 0 unspecified atom stereocenters. The van der Waals surface area contributed by atoms with E-state index in [4.69, 9.17) is 14.6 Å². The first-order valence-corrected chi connectivity index (χ1v) is 12.7. The van der Waals surface area contributed by atoms with Gasteiger partial charge in [0.1, 0.15) is 11.3 Å². The van der Waals surface area contributed by atoms with Crippen LogP contribution < -0.4 is 10.1 Å². The summed E-state index contributed by atoms with van der Waals surface area (Å²) in [6.45, 7) is 5.83. The van der Waals surface area contributed by atoms with Gasteiger partial charge in [-0.1, -0.05) is 12.1 Å². The van der Waals surface area contributed by atoms with E-state index in [-0.39, 0.29) is 5.91 Å². The van der Waals surface area contributed by atoms with E-state index in [0.29, 0.717) is 11.1 Å². The summed E-state index contributed by atoms with van der Waals surface area (Å²) in [5, 5.41) is 9.01. The molecule has 5 fully saturated rings. The van der Waals surface area contributed by atoms with Gasteiger partial charge in [-0.3, -0.25) is 14.4 Å². The Hall–Kier alpha value is -2.12. The number of amides is 1. The van der Waals surface area contributed by atoms with Gasteiger partial charge >= 0.3 is 0 Å². The van der Waals surface area contributed by atoms with Crippen molar-refractivity contribution < 1.29 is 14.3 Å². The molecular weight excluding hydrogens is 416 g/mol. The summed E-state index contributed by atoms with van der Waals surface area (Å²) in [6.07, 6.45) is 8.15. The monoisotopic (exact) mass is 452 g/mol. The lowest BCUT2D eigenvalue weighted by Crippen LogP contribution is -2.51. The SMILES string of the molecule is COc1cccc2c(C(=O)NCC34CC5CC(CC(C5)C3)C4)nn(CCN3CCOCC3)c12. The number of ether oxygens (including phenoxy) is 2. The first-order chi connectivity index (χ1) is 16.1. The quantitative estimate of drug-likeness (QED) is 0.698. The fourth-order valence-electron chi connectivity index (χ4n) is 7.62. The molecule has 0 atom stereocenters. The molecule has 7 heteroatoms. The third-order valence-electron chi connectivity index (χ3n) is 8.69. The summed E-state index contributed by atoms with van der Waals surface area (Å²) in [7, 11) is 1.68. The van der Waals surface area contributed by atoms with Crippen LogP contribution in [0, 0.1) is 23.2 Å². The molecule has 1 saturated heterocycles. The van der Waals surface area contributed by atoms with E-state index in [1.807, 2.05) is 22.9 Å². The number of hydrogen-bond acceptors (Lipinski definition) is 5. The number of rotatable bonds is 7. The maximum Gasteiger partial charge on any atom is 0.272 e. The van der Waals surface area contributed by atoms with Gasteiger partial charge in [0.2, 0.25) is 0 Å². The van der Waals surface area contributed by atoms with Crippen LogP contribution in [0.3, 0.4) is 0 Å². The smallest absolute Gasteiger partial charge is 0.272 e. The van der Waals surface area contributed by atoms with Crippen molar-refractivity contribution in [2.24, 2.45) is 23.2 Å². The van der Waals surface area contributed by atoms with Gasteiger partial charge in [-0.15, -0.1) is 0 Å². The van der Waals surface area contributed by atoms with Gasteiger partial charge in [-0.25, -0.2) is 0 Å². The van der Waals surface area contributed by atoms with Gasteiger partial charge in [0.05, 0.1) is 26.9 Å². The zero-order valence-corrected chi connectivity index (χ0v) is 19.7. The van der Waals surface area contributed by atoms with Gasteiger partial charge in [0.25, 0.3) is 5.91 Å². The Labute approximate surface area is 195 Å². The van der Waals surface area contributed by atoms with Crippen molar-refractivity contribution in [3.8, 4) is 5.75 Å². The summed E-state index contributed by atoms with van der Waals surface area (Å²) in [5.41, 5.74) is 1.75. The highest BCUT2D eigenvalue weighted by Gasteiger charge is 2.50. The van der Waals surface area contributed by atoms with Crippen LogP contribution in [-0.2, 0) is 11.3 Å². The normalized spacial score (nSPS) is 31.2. The maximum absolute atomic E-state index is 13.4. The summed E-state index contributed by atoms with van der Waals surface area (Å²) in [6, 6.07) is 5.90. The second-order valence-corrected chi connectivity index (χ2v) is 11.0. The largest absolute Gasteiger partial charge is 0.494 e. The van der Waals surface area contributed by atoms with Crippen LogP contribution in [0.4, 0.5) is 0 Å². The molecule has 1 amide bonds. The predicted molar refractivity (Wildman–Crippen MR) is 126 cm³/mol. The van der Waals surface area contributed by atoms with Crippen LogP contribution in [0.5, 0.6) is 5.75 Å². The number of aromatic nitrogens is 2. The van der Waals surface area contributed by atoms with Crippen LogP contribution in [0.15, 0.2) is 18.2 Å². The highest BCUT2D eigenvalue weighted by molar-refractivity contribution is 6.06. The minimum absolute atomic E-state index is 0.0471. The van der Waals surface area contributed by atoms with E-state index in [1.165, 1.54) is 38.5 Å². The molecule has 2 aromatic rings. The fourth-order valence-corrected chi connectivity index (χ4v) is 7.62. The minimum Gasteiger partial charge on any atom is -0.494 e. The molecule has 1 aromatic carbocycles. The molecule has 4 bridgehead atoms. The van der Waals surface area contributed by atoms with Crippen molar-refractivity contribution >= 4 is 16.8 Å². The lowest BCUT2D eigenvalue weighted by molar-refractivity contribution is -0.0503. The first-order valence-electron chi connectivity index (χ1n) is 12.7. The number of methoxy groups -OCH3 is 1. The molecule has 5 aliphatic rings. The van der Waals surface area contributed by atoms with Gasteiger partial charge in [-0.2, -0.15) is 5.10 Å². The molecule has 4 aliphatic carbocycles. The number of nitrogens with one attached hydrogen (secondary N) is 1. The molecule has 4 saturated carbocycles. The van der Waals surface area contributed by atoms with Gasteiger partial charge in [0.15, 0.2) is 5.69 Å². The number of hydrogen-bond donors (Lipinski definition) is 1.